The highest BCUT2D eigenvalue weighted by atomic mass is 31.2. The minimum Gasteiger partial charge on any atom is -0.756 e. The quantitative estimate of drug-likeness (QED) is 0.0297. The normalized spacial score (nSPS) is 14.8. The lowest BCUT2D eigenvalue weighted by Crippen LogP contribution is -2.46. The van der Waals surface area contributed by atoms with Gasteiger partial charge in [-0.2, -0.15) is 0 Å². The van der Waals surface area contributed by atoms with E-state index in [4.69, 9.17) is 9.05 Å². The van der Waals surface area contributed by atoms with E-state index in [2.05, 4.69) is 31.3 Å². The van der Waals surface area contributed by atoms with Crippen LogP contribution in [0.1, 0.15) is 174 Å². The molecule has 0 saturated carbocycles. The minimum absolute atomic E-state index is 0.0109. The van der Waals surface area contributed by atoms with Gasteiger partial charge in [0, 0.05) is 6.42 Å². The Morgan fingerprint density at radius 2 is 1.17 bits per heavy atom. The fourth-order valence-electron chi connectivity index (χ4n) is 5.56. The molecule has 8 nitrogen and oxygen atoms in total. The number of likely N-dealkylation sites (N-methyl/N-ethyl adjacent to an activating group) is 1. The molecule has 0 bridgehead atoms. The largest absolute Gasteiger partial charge is 0.756 e. The number of aliphatic hydroxyl groups is 1. The lowest BCUT2D eigenvalue weighted by Gasteiger charge is -2.30. The number of allylic oxidation sites excluding steroid dienone is 2. The molecule has 0 saturated heterocycles. The monoisotopic (exact) mass is 689 g/mol. The number of amides is 1. The van der Waals surface area contributed by atoms with Crippen LogP contribution < -0.4 is 10.2 Å². The number of nitrogens with one attached hydrogen (secondary N) is 1. The highest BCUT2D eigenvalue weighted by Gasteiger charge is 2.24. The second-order valence-electron chi connectivity index (χ2n) is 14.6. The van der Waals surface area contributed by atoms with Crippen molar-refractivity contribution in [2.24, 2.45) is 0 Å². The summed E-state index contributed by atoms with van der Waals surface area (Å²) in [5.74, 6) is -0.183. The molecule has 0 radical (unpaired) electrons. The number of nitrogens with zero attached hydrogens (tertiary/aromatic N) is 1. The van der Waals surface area contributed by atoms with Gasteiger partial charge in [-0.3, -0.25) is 9.36 Å². The number of quaternary nitrogens is 1. The van der Waals surface area contributed by atoms with Crippen LogP contribution in [0.5, 0.6) is 0 Å². The highest BCUT2D eigenvalue weighted by molar-refractivity contribution is 7.45. The molecule has 3 atom stereocenters. The van der Waals surface area contributed by atoms with Crippen molar-refractivity contribution in [2.75, 3.05) is 40.9 Å². The van der Waals surface area contributed by atoms with Crippen LogP contribution in [0.25, 0.3) is 0 Å². The molecular formula is C38H77N2O6P. The molecule has 3 unspecified atom stereocenters. The third kappa shape index (κ3) is 33.5. The van der Waals surface area contributed by atoms with Crippen molar-refractivity contribution in [3.8, 4) is 0 Å². The number of rotatable bonds is 35. The zero-order valence-electron chi connectivity index (χ0n) is 31.5. The van der Waals surface area contributed by atoms with Crippen LogP contribution in [0.15, 0.2) is 12.2 Å². The van der Waals surface area contributed by atoms with Gasteiger partial charge < -0.3 is 28.8 Å². The molecule has 0 aromatic rings. The molecule has 47 heavy (non-hydrogen) atoms. The predicted octanol–water partition coefficient (Wildman–Crippen LogP) is 9.39. The van der Waals surface area contributed by atoms with E-state index in [1.165, 1.54) is 96.3 Å². The van der Waals surface area contributed by atoms with Gasteiger partial charge >= 0.3 is 0 Å². The molecule has 0 heterocycles. The molecule has 0 rings (SSSR count). The summed E-state index contributed by atoms with van der Waals surface area (Å²) in [5.41, 5.74) is 0. The van der Waals surface area contributed by atoms with Gasteiger partial charge in [-0.15, -0.1) is 0 Å². The zero-order chi connectivity index (χ0) is 35.1. The average molecular weight is 689 g/mol. The summed E-state index contributed by atoms with van der Waals surface area (Å²) in [7, 11) is 1.30. The first-order valence-corrected chi connectivity index (χ1v) is 21.0. The smallest absolute Gasteiger partial charge is 0.268 e. The van der Waals surface area contributed by atoms with Crippen molar-refractivity contribution >= 4 is 13.7 Å². The summed E-state index contributed by atoms with van der Waals surface area (Å²) in [6, 6.07) is -0.801. The van der Waals surface area contributed by atoms with Gasteiger partial charge in [-0.05, 0) is 38.5 Å². The van der Waals surface area contributed by atoms with E-state index in [9.17, 15) is 19.4 Å². The summed E-state index contributed by atoms with van der Waals surface area (Å²) in [6.07, 6.45) is 32.1. The molecule has 0 aromatic carbocycles. The number of aliphatic hydroxyl groups excluding tert-OH is 1. The lowest BCUT2D eigenvalue weighted by atomic mass is 10.0. The third-order valence-electron chi connectivity index (χ3n) is 8.75. The molecule has 0 aromatic heterocycles. The van der Waals surface area contributed by atoms with Crippen molar-refractivity contribution in [2.45, 2.75) is 187 Å². The van der Waals surface area contributed by atoms with Crippen molar-refractivity contribution in [1.29, 1.82) is 0 Å². The molecule has 280 valence electrons. The van der Waals surface area contributed by atoms with Gasteiger partial charge in [-0.1, -0.05) is 142 Å². The Morgan fingerprint density at radius 1 is 0.723 bits per heavy atom. The molecule has 1 amide bonds. The summed E-state index contributed by atoms with van der Waals surface area (Å²) in [6.45, 7) is 4.68. The number of phosphoric ester groups is 1. The number of carbonyl (C=O) groups is 1. The Kier molecular flexibility index (Phi) is 30.7. The number of hydrogen-bond acceptors (Lipinski definition) is 6. The molecule has 9 heteroatoms. The number of phosphoric acid groups is 1. The summed E-state index contributed by atoms with van der Waals surface area (Å²) >= 11 is 0. The summed E-state index contributed by atoms with van der Waals surface area (Å²) in [4.78, 5) is 25.2. The highest BCUT2D eigenvalue weighted by Crippen LogP contribution is 2.38. The summed E-state index contributed by atoms with van der Waals surface area (Å²) in [5, 5.41) is 13.8. The van der Waals surface area contributed by atoms with Crippen LogP contribution in [0.3, 0.4) is 0 Å². The first kappa shape index (κ1) is 46.2. The first-order chi connectivity index (χ1) is 22.5. The maximum absolute atomic E-state index is 12.8. The van der Waals surface area contributed by atoms with Crippen molar-refractivity contribution < 1.29 is 32.9 Å². The van der Waals surface area contributed by atoms with Crippen LogP contribution in [0.4, 0.5) is 0 Å². The fourth-order valence-corrected chi connectivity index (χ4v) is 6.28. The standard InChI is InChI=1S/C38H77N2O6P/c1-6-8-10-12-14-16-18-20-22-24-26-28-30-32-38(42)39-36(35-46-47(43,44)45-34-33-40(3,4)5)37(41)31-29-27-25-23-21-19-17-15-13-11-9-7-2/h20,22,36-37,41H,6-19,21,23-35H2,1-5H3,(H-,39,42,43,44)/b22-20-. The van der Waals surface area contributed by atoms with Gasteiger partial charge in [0.15, 0.2) is 0 Å². The number of carbonyl (C=O) groups excluding carboxylic acids is 1. The molecule has 0 spiro atoms. The van der Waals surface area contributed by atoms with Crippen molar-refractivity contribution in [3.63, 3.8) is 0 Å². The van der Waals surface area contributed by atoms with E-state index < -0.39 is 20.0 Å². The van der Waals surface area contributed by atoms with Crippen LogP contribution in [0, 0.1) is 0 Å². The van der Waals surface area contributed by atoms with E-state index in [1.807, 2.05) is 21.1 Å². The Labute approximate surface area is 291 Å². The average Bonchev–Trinajstić information content (AvgIpc) is 3.01. The van der Waals surface area contributed by atoms with Crippen LogP contribution in [-0.2, 0) is 18.4 Å². The fraction of sp³-hybridized carbons (Fsp3) is 0.921. The zero-order valence-corrected chi connectivity index (χ0v) is 32.4. The van der Waals surface area contributed by atoms with E-state index >= 15 is 0 Å². The maximum Gasteiger partial charge on any atom is 0.268 e. The Morgan fingerprint density at radius 3 is 1.66 bits per heavy atom. The van der Waals surface area contributed by atoms with E-state index in [1.54, 1.807) is 0 Å². The van der Waals surface area contributed by atoms with Crippen LogP contribution >= 0.6 is 7.82 Å². The second-order valence-corrected chi connectivity index (χ2v) is 16.0. The number of unbranched alkanes of at least 4 members (excludes halogenated alkanes) is 20. The topological polar surface area (TPSA) is 108 Å². The van der Waals surface area contributed by atoms with Gasteiger partial charge in [0.2, 0.25) is 5.91 Å². The lowest BCUT2D eigenvalue weighted by molar-refractivity contribution is -0.870. The van der Waals surface area contributed by atoms with Gasteiger partial charge in [0.25, 0.3) is 7.82 Å². The maximum atomic E-state index is 12.8. The Balaban J connectivity index is 4.48. The van der Waals surface area contributed by atoms with Gasteiger partial charge in [0.1, 0.15) is 13.2 Å². The van der Waals surface area contributed by atoms with Crippen molar-refractivity contribution in [1.82, 2.24) is 5.32 Å². The van der Waals surface area contributed by atoms with Crippen molar-refractivity contribution in [3.05, 3.63) is 12.2 Å². The summed E-state index contributed by atoms with van der Waals surface area (Å²) < 4.78 is 23.1. The Hall–Kier alpha value is -0.760. The molecule has 0 aliphatic carbocycles. The predicted molar refractivity (Wildman–Crippen MR) is 196 cm³/mol. The minimum atomic E-state index is -4.55. The molecular weight excluding hydrogens is 611 g/mol. The molecule has 0 aliphatic heterocycles. The Bertz CT molecular complexity index is 789. The second kappa shape index (κ2) is 31.2. The van der Waals surface area contributed by atoms with Crippen LogP contribution in [-0.4, -0.2) is 68.5 Å². The van der Waals surface area contributed by atoms with Gasteiger partial charge in [-0.25, -0.2) is 0 Å². The first-order valence-electron chi connectivity index (χ1n) is 19.5. The van der Waals surface area contributed by atoms with E-state index in [0.29, 0.717) is 23.9 Å². The number of hydrogen-bond donors (Lipinski definition) is 2. The molecule has 2 N–H and O–H groups in total. The van der Waals surface area contributed by atoms with E-state index in [0.717, 1.165) is 51.4 Å². The molecule has 0 fully saturated rings. The third-order valence-corrected chi connectivity index (χ3v) is 9.72. The van der Waals surface area contributed by atoms with E-state index in [-0.39, 0.29) is 19.1 Å². The van der Waals surface area contributed by atoms with Crippen LogP contribution in [0.2, 0.25) is 0 Å². The van der Waals surface area contributed by atoms with Gasteiger partial charge in [0.05, 0.1) is 39.9 Å². The SMILES string of the molecule is CCCCCCCC/C=C\CCCCCC(=O)NC(COP(=O)([O-])OCC[N+](C)(C)C)C(O)CCCCCCCCCCCCCC. The molecule has 0 aliphatic rings.